The van der Waals surface area contributed by atoms with Crippen LogP contribution in [-0.2, 0) is 0 Å². The molecule has 2 heteroatoms. The van der Waals surface area contributed by atoms with E-state index in [-0.39, 0.29) is 5.38 Å². The normalized spacial score (nSPS) is 12.6. The van der Waals surface area contributed by atoms with E-state index < -0.39 is 0 Å². The topological polar surface area (TPSA) is 0 Å². The number of hydrogen-bond donors (Lipinski definition) is 0. The summed E-state index contributed by atoms with van der Waals surface area (Å²) >= 11 is 13.1. The van der Waals surface area contributed by atoms with E-state index in [0.29, 0.717) is 0 Å². The van der Waals surface area contributed by atoms with Crippen LogP contribution in [-0.4, -0.2) is 0 Å². The number of hydrogen-bond acceptors (Lipinski definition) is 0. The van der Waals surface area contributed by atoms with Crippen molar-refractivity contribution < 1.29 is 0 Å². The Morgan fingerprint density at radius 2 is 1.48 bits per heavy atom. The summed E-state index contributed by atoms with van der Waals surface area (Å²) < 4.78 is 0. The second-order valence-corrected chi connectivity index (χ2v) is 6.27. The second-order valence-electron chi connectivity index (χ2n) is 5.43. The maximum absolute atomic E-state index is 6.68. The molecule has 0 N–H and O–H groups in total. The van der Waals surface area contributed by atoms with Crippen molar-refractivity contribution in [3.05, 3.63) is 81.9 Å². The standard InChI is InChI=1S/C19H16Cl2/c1-12-9-17(18(20)10-13(12)2)19(21)16-8-7-14-5-3-4-6-15(14)11-16/h3-11,19H,1-2H3. The molecule has 0 amide bonds. The van der Waals surface area contributed by atoms with Gasteiger partial charge in [0.15, 0.2) is 0 Å². The van der Waals surface area contributed by atoms with Gasteiger partial charge in [-0.2, -0.15) is 0 Å². The summed E-state index contributed by atoms with van der Waals surface area (Å²) in [5.74, 6) is 0. The highest BCUT2D eigenvalue weighted by molar-refractivity contribution is 6.33. The maximum Gasteiger partial charge on any atom is 0.0850 e. The Hall–Kier alpha value is -1.50. The minimum Gasteiger partial charge on any atom is -0.113 e. The highest BCUT2D eigenvalue weighted by Crippen LogP contribution is 2.36. The van der Waals surface area contributed by atoms with Crippen LogP contribution >= 0.6 is 23.2 Å². The highest BCUT2D eigenvalue weighted by Gasteiger charge is 2.15. The Morgan fingerprint density at radius 1 is 0.810 bits per heavy atom. The van der Waals surface area contributed by atoms with Crippen molar-refractivity contribution in [2.24, 2.45) is 0 Å². The fourth-order valence-electron chi connectivity index (χ4n) is 2.54. The quantitative estimate of drug-likeness (QED) is 0.477. The van der Waals surface area contributed by atoms with Crippen molar-refractivity contribution in [1.29, 1.82) is 0 Å². The fraction of sp³-hybridized carbons (Fsp3) is 0.158. The summed E-state index contributed by atoms with van der Waals surface area (Å²) in [6, 6.07) is 18.7. The zero-order chi connectivity index (χ0) is 15.0. The van der Waals surface area contributed by atoms with E-state index in [4.69, 9.17) is 23.2 Å². The summed E-state index contributed by atoms with van der Waals surface area (Å²) in [7, 11) is 0. The first kappa shape index (κ1) is 14.4. The van der Waals surface area contributed by atoms with Crippen molar-refractivity contribution >= 4 is 34.0 Å². The Morgan fingerprint density at radius 3 is 2.24 bits per heavy atom. The molecule has 1 atom stereocenters. The van der Waals surface area contributed by atoms with Crippen LogP contribution in [0.2, 0.25) is 5.02 Å². The van der Waals surface area contributed by atoms with Crippen LogP contribution in [0.3, 0.4) is 0 Å². The van der Waals surface area contributed by atoms with Gasteiger partial charge in [0, 0.05) is 5.02 Å². The molecule has 21 heavy (non-hydrogen) atoms. The van der Waals surface area contributed by atoms with Crippen LogP contribution in [0.4, 0.5) is 0 Å². The molecule has 0 saturated carbocycles. The maximum atomic E-state index is 6.68. The van der Waals surface area contributed by atoms with Gasteiger partial charge in [-0.05, 0) is 59.0 Å². The minimum atomic E-state index is -0.235. The molecule has 0 aliphatic rings. The Balaban J connectivity index is 2.07. The van der Waals surface area contributed by atoms with Crippen LogP contribution < -0.4 is 0 Å². The van der Waals surface area contributed by atoms with Gasteiger partial charge >= 0.3 is 0 Å². The van der Waals surface area contributed by atoms with Gasteiger partial charge in [0.25, 0.3) is 0 Å². The summed E-state index contributed by atoms with van der Waals surface area (Å²) in [4.78, 5) is 0. The van der Waals surface area contributed by atoms with Crippen molar-refractivity contribution in [2.75, 3.05) is 0 Å². The van der Waals surface area contributed by atoms with Gasteiger partial charge < -0.3 is 0 Å². The summed E-state index contributed by atoms with van der Waals surface area (Å²) in [6.07, 6.45) is 0. The van der Waals surface area contributed by atoms with Crippen LogP contribution in [0.1, 0.15) is 27.6 Å². The van der Waals surface area contributed by atoms with Gasteiger partial charge in [0.2, 0.25) is 0 Å². The Bertz CT molecular complexity index is 806. The van der Waals surface area contributed by atoms with Gasteiger partial charge in [-0.3, -0.25) is 0 Å². The monoisotopic (exact) mass is 314 g/mol. The molecule has 0 nitrogen and oxygen atoms in total. The predicted molar refractivity (Wildman–Crippen MR) is 92.6 cm³/mol. The lowest BCUT2D eigenvalue weighted by molar-refractivity contribution is 1.13. The zero-order valence-corrected chi connectivity index (χ0v) is 13.5. The third kappa shape index (κ3) is 2.79. The Kier molecular flexibility index (Phi) is 3.93. The van der Waals surface area contributed by atoms with Crippen LogP contribution in [0, 0.1) is 13.8 Å². The summed E-state index contributed by atoms with van der Waals surface area (Å²) in [5, 5.41) is 2.91. The molecule has 0 heterocycles. The van der Waals surface area contributed by atoms with Crippen molar-refractivity contribution in [1.82, 2.24) is 0 Å². The highest BCUT2D eigenvalue weighted by atomic mass is 35.5. The van der Waals surface area contributed by atoms with E-state index >= 15 is 0 Å². The summed E-state index contributed by atoms with van der Waals surface area (Å²) in [5.41, 5.74) is 4.43. The van der Waals surface area contributed by atoms with Crippen molar-refractivity contribution in [3.63, 3.8) is 0 Å². The van der Waals surface area contributed by atoms with E-state index in [9.17, 15) is 0 Å². The average Bonchev–Trinajstić information content (AvgIpc) is 2.50. The van der Waals surface area contributed by atoms with E-state index in [0.717, 1.165) is 16.1 Å². The molecule has 0 aliphatic heterocycles. The molecule has 0 saturated heterocycles. The molecule has 0 bridgehead atoms. The lowest BCUT2D eigenvalue weighted by atomic mass is 9.98. The smallest absolute Gasteiger partial charge is 0.0850 e. The first-order valence-electron chi connectivity index (χ1n) is 6.95. The molecule has 106 valence electrons. The fourth-order valence-corrected chi connectivity index (χ4v) is 3.24. The second kappa shape index (κ2) is 5.71. The van der Waals surface area contributed by atoms with Crippen molar-refractivity contribution in [2.45, 2.75) is 19.2 Å². The third-order valence-electron chi connectivity index (χ3n) is 3.95. The van der Waals surface area contributed by atoms with E-state index in [1.807, 2.05) is 18.2 Å². The first-order valence-corrected chi connectivity index (χ1v) is 7.77. The van der Waals surface area contributed by atoms with Gasteiger partial charge in [-0.25, -0.2) is 0 Å². The van der Waals surface area contributed by atoms with E-state index in [1.54, 1.807) is 0 Å². The molecular formula is C19H16Cl2. The third-order valence-corrected chi connectivity index (χ3v) is 4.77. The molecule has 3 rings (SSSR count). The van der Waals surface area contributed by atoms with E-state index in [1.165, 1.54) is 21.9 Å². The van der Waals surface area contributed by atoms with Gasteiger partial charge in [-0.15, -0.1) is 11.6 Å². The first-order chi connectivity index (χ1) is 10.1. The SMILES string of the molecule is Cc1cc(Cl)c(C(Cl)c2ccc3ccccc3c2)cc1C. The number of halogens is 2. The molecule has 0 radical (unpaired) electrons. The van der Waals surface area contributed by atoms with E-state index in [2.05, 4.69) is 50.2 Å². The molecule has 3 aromatic rings. The molecule has 3 aromatic carbocycles. The Labute approximate surface area is 135 Å². The molecule has 0 spiro atoms. The number of benzene rings is 3. The van der Waals surface area contributed by atoms with Crippen LogP contribution in [0.15, 0.2) is 54.6 Å². The average molecular weight is 315 g/mol. The van der Waals surface area contributed by atoms with Crippen molar-refractivity contribution in [3.8, 4) is 0 Å². The number of aryl methyl sites for hydroxylation is 2. The zero-order valence-electron chi connectivity index (χ0n) is 12.0. The van der Waals surface area contributed by atoms with Gasteiger partial charge in [0.05, 0.1) is 5.38 Å². The summed E-state index contributed by atoms with van der Waals surface area (Å²) in [6.45, 7) is 4.14. The van der Waals surface area contributed by atoms with Crippen LogP contribution in [0.5, 0.6) is 0 Å². The molecule has 0 aliphatic carbocycles. The molecular weight excluding hydrogens is 299 g/mol. The van der Waals surface area contributed by atoms with Crippen LogP contribution in [0.25, 0.3) is 10.8 Å². The van der Waals surface area contributed by atoms with Gasteiger partial charge in [0.1, 0.15) is 0 Å². The molecule has 0 fully saturated rings. The lowest BCUT2D eigenvalue weighted by Crippen LogP contribution is -1.96. The number of rotatable bonds is 2. The van der Waals surface area contributed by atoms with Gasteiger partial charge in [-0.1, -0.05) is 54.1 Å². The largest absolute Gasteiger partial charge is 0.113 e. The number of fused-ring (bicyclic) bond motifs is 1. The predicted octanol–water partition coefficient (Wildman–Crippen LogP) is 6.44. The molecule has 0 aromatic heterocycles. The minimum absolute atomic E-state index is 0.235. The number of alkyl halides is 1. The molecule has 1 unspecified atom stereocenters. The lowest BCUT2D eigenvalue weighted by Gasteiger charge is -2.15.